The number of hydrogen-bond donors (Lipinski definition) is 0. The molecule has 0 spiro atoms. The summed E-state index contributed by atoms with van der Waals surface area (Å²) in [5.41, 5.74) is 9.39. The smallest absolute Gasteiger partial charge is 0.246 e. The molecule has 0 saturated carbocycles. The average molecular weight is 784 g/mol. The Balaban J connectivity index is 1.05. The Morgan fingerprint density at radius 3 is 1.27 bits per heavy atom. The Labute approximate surface area is 347 Å². The zero-order valence-electron chi connectivity index (χ0n) is 34.4. The van der Waals surface area contributed by atoms with E-state index in [-0.39, 0.29) is 0 Å². The van der Waals surface area contributed by atoms with Crippen molar-refractivity contribution in [3.05, 3.63) is 161 Å². The van der Waals surface area contributed by atoms with E-state index in [1.165, 1.54) is 0 Å². The molecule has 0 fully saturated rings. The number of benzene rings is 6. The third-order valence-corrected chi connectivity index (χ3v) is 9.80. The van der Waals surface area contributed by atoms with Crippen LogP contribution in [0, 0.1) is 0 Å². The number of fused-ring (bicyclic) bond motifs is 2. The van der Waals surface area contributed by atoms with Gasteiger partial charge in [-0.2, -0.15) is 0 Å². The predicted octanol–water partition coefficient (Wildman–Crippen LogP) is 13.5. The van der Waals surface area contributed by atoms with E-state index in [0.717, 1.165) is 84.9 Å². The van der Waals surface area contributed by atoms with Crippen molar-refractivity contribution >= 4 is 53.5 Å². The molecule has 59 heavy (non-hydrogen) atoms. The maximum atomic E-state index is 5.98. The third kappa shape index (κ3) is 9.16. The van der Waals surface area contributed by atoms with Gasteiger partial charge in [-0.1, -0.05) is 97.1 Å². The van der Waals surface area contributed by atoms with Crippen LogP contribution in [0.4, 0.5) is 17.1 Å². The van der Waals surface area contributed by atoms with E-state index in [1.807, 2.05) is 96.1 Å². The highest BCUT2D eigenvalue weighted by Gasteiger charge is 2.32. The molecule has 6 aromatic carbocycles. The Morgan fingerprint density at radius 1 is 0.441 bits per heavy atom. The molecule has 0 N–H and O–H groups in total. The minimum Gasteiger partial charge on any atom is -0.490 e. The predicted molar refractivity (Wildman–Crippen MR) is 240 cm³/mol. The molecule has 0 aliphatic carbocycles. The van der Waals surface area contributed by atoms with Crippen molar-refractivity contribution in [1.82, 2.24) is 0 Å². The summed E-state index contributed by atoms with van der Waals surface area (Å²) < 4.78 is 35.5. The lowest BCUT2D eigenvalue weighted by molar-refractivity contribution is -0.0437. The van der Waals surface area contributed by atoms with Gasteiger partial charge in [0.2, 0.25) is 11.6 Å². The molecule has 0 aromatic heterocycles. The van der Waals surface area contributed by atoms with Crippen molar-refractivity contribution in [3.63, 3.8) is 0 Å². The molecule has 8 rings (SSSR count). The summed E-state index contributed by atoms with van der Waals surface area (Å²) in [7, 11) is 0. The van der Waals surface area contributed by atoms with Crippen molar-refractivity contribution < 1.29 is 28.4 Å². The molecule has 2 aliphatic rings. The van der Waals surface area contributed by atoms with Crippen LogP contribution in [-0.2, 0) is 0 Å². The summed E-state index contributed by atoms with van der Waals surface area (Å²) in [5, 5.41) is 0. The zero-order valence-corrected chi connectivity index (χ0v) is 34.4. The van der Waals surface area contributed by atoms with Gasteiger partial charge in [0, 0.05) is 50.3 Å². The van der Waals surface area contributed by atoms with Gasteiger partial charge in [0.1, 0.15) is 0 Å². The van der Waals surface area contributed by atoms with Gasteiger partial charge in [-0.05, 0) is 108 Å². The summed E-state index contributed by atoms with van der Waals surface area (Å²) in [4.78, 5) is 2.27. The van der Waals surface area contributed by atoms with Gasteiger partial charge in [0.05, 0.1) is 13.2 Å². The van der Waals surface area contributed by atoms with E-state index in [4.69, 9.17) is 28.4 Å². The summed E-state index contributed by atoms with van der Waals surface area (Å²) in [6.45, 7) is 12.7. The second-order valence-electron chi connectivity index (χ2n) is 15.3. The number of hydrogen-bond acceptors (Lipinski definition) is 7. The van der Waals surface area contributed by atoms with Gasteiger partial charge in [-0.25, -0.2) is 0 Å². The van der Waals surface area contributed by atoms with Crippen LogP contribution in [0.15, 0.2) is 127 Å². The van der Waals surface area contributed by atoms with Crippen LogP contribution in [0.3, 0.4) is 0 Å². The molecule has 6 aromatic rings. The van der Waals surface area contributed by atoms with Crippen molar-refractivity contribution in [2.45, 2.75) is 53.1 Å². The second-order valence-corrected chi connectivity index (χ2v) is 15.3. The first kappa shape index (κ1) is 39.0. The van der Waals surface area contributed by atoms with Gasteiger partial charge < -0.3 is 33.3 Å². The lowest BCUT2D eigenvalue weighted by atomic mass is 10.1. The molecule has 0 unspecified atom stereocenters. The molecule has 0 amide bonds. The molecule has 2 aliphatic heterocycles. The Hall–Kier alpha value is -6.86. The minimum absolute atomic E-state index is 0.557. The number of ether oxygens (including phenoxy) is 6. The Bertz CT molecular complexity index is 2390. The maximum absolute atomic E-state index is 5.98. The van der Waals surface area contributed by atoms with Crippen LogP contribution in [0.25, 0.3) is 36.5 Å². The molecule has 298 valence electrons. The van der Waals surface area contributed by atoms with E-state index in [1.54, 1.807) is 0 Å². The Kier molecular flexibility index (Phi) is 10.9. The molecular formula is C52H49NO6. The molecule has 0 saturated heterocycles. The molecule has 0 bridgehead atoms. The topological polar surface area (TPSA) is 58.6 Å². The van der Waals surface area contributed by atoms with Crippen LogP contribution in [0.2, 0.25) is 0 Å². The minimum atomic E-state index is -0.656. The van der Waals surface area contributed by atoms with Crippen molar-refractivity contribution in [1.29, 1.82) is 0 Å². The summed E-state index contributed by atoms with van der Waals surface area (Å²) >= 11 is 0. The highest BCUT2D eigenvalue weighted by atomic mass is 16.7. The second kappa shape index (κ2) is 16.5. The van der Waals surface area contributed by atoms with Gasteiger partial charge in [-0.3, -0.25) is 0 Å². The summed E-state index contributed by atoms with van der Waals surface area (Å²) in [5.74, 6) is 3.24. The molecular weight excluding hydrogens is 735 g/mol. The Morgan fingerprint density at radius 2 is 0.831 bits per heavy atom. The van der Waals surface area contributed by atoms with E-state index >= 15 is 0 Å². The third-order valence-electron chi connectivity index (χ3n) is 9.80. The van der Waals surface area contributed by atoms with Crippen LogP contribution in [-0.4, -0.2) is 24.8 Å². The number of rotatable bonds is 13. The van der Waals surface area contributed by atoms with Crippen LogP contribution in [0.5, 0.6) is 34.5 Å². The lowest BCUT2D eigenvalue weighted by Crippen LogP contribution is -2.29. The monoisotopic (exact) mass is 783 g/mol. The standard InChI is InChI=1S/C52H49NO6/c1-7-54-47-11-9-10-41(50(47)55-8-2)25-16-38-21-30-44(31-22-38)53(42-26-17-36(18-27-42)12-14-39-23-32-45-48(34-39)58-51(3,4)56-45)43-28-19-37(20-29-43)13-15-40-24-33-46-49(35-40)59-52(5,6)57-46/h9-35H,7-8H2,1-6H3/b14-12+,15-13+,25-16+. The molecule has 2 heterocycles. The highest BCUT2D eigenvalue weighted by molar-refractivity contribution is 5.81. The maximum Gasteiger partial charge on any atom is 0.246 e. The summed E-state index contributed by atoms with van der Waals surface area (Å²) in [6, 6.07) is 43.8. The van der Waals surface area contributed by atoms with E-state index in [2.05, 4.69) is 114 Å². The summed E-state index contributed by atoms with van der Waals surface area (Å²) in [6.07, 6.45) is 12.6. The van der Waals surface area contributed by atoms with Crippen LogP contribution < -0.4 is 33.3 Å². The van der Waals surface area contributed by atoms with Crippen molar-refractivity contribution in [2.24, 2.45) is 0 Å². The largest absolute Gasteiger partial charge is 0.490 e. The highest BCUT2D eigenvalue weighted by Crippen LogP contribution is 2.42. The molecule has 7 heteroatoms. The van der Waals surface area contributed by atoms with Crippen molar-refractivity contribution in [2.75, 3.05) is 18.1 Å². The molecule has 0 radical (unpaired) electrons. The quantitative estimate of drug-likeness (QED) is 0.108. The van der Waals surface area contributed by atoms with Crippen LogP contribution in [0.1, 0.15) is 74.9 Å². The number of anilines is 3. The van der Waals surface area contributed by atoms with Crippen molar-refractivity contribution in [3.8, 4) is 34.5 Å². The first-order valence-electron chi connectivity index (χ1n) is 20.1. The van der Waals surface area contributed by atoms with E-state index in [0.29, 0.717) is 13.2 Å². The van der Waals surface area contributed by atoms with Crippen LogP contribution >= 0.6 is 0 Å². The number of para-hydroxylation sites is 1. The fourth-order valence-corrected chi connectivity index (χ4v) is 7.14. The average Bonchev–Trinajstić information content (AvgIpc) is 3.72. The fourth-order valence-electron chi connectivity index (χ4n) is 7.14. The zero-order chi connectivity index (χ0) is 41.0. The number of nitrogens with zero attached hydrogens (tertiary/aromatic N) is 1. The van der Waals surface area contributed by atoms with E-state index in [9.17, 15) is 0 Å². The first-order chi connectivity index (χ1) is 28.5. The first-order valence-corrected chi connectivity index (χ1v) is 20.1. The van der Waals surface area contributed by atoms with Gasteiger partial charge >= 0.3 is 0 Å². The lowest BCUT2D eigenvalue weighted by Gasteiger charge is -2.26. The van der Waals surface area contributed by atoms with Gasteiger partial charge in [0.25, 0.3) is 0 Å². The fraction of sp³-hybridized carbons (Fsp3) is 0.192. The SMILES string of the molecule is CCOc1cccc(/C=C/c2ccc(N(c3ccc(/C=C/c4ccc5c(c4)OC(C)(C)O5)cc3)c3ccc(/C=C/c4ccc5c(c4)OC(C)(C)O5)cc3)cc2)c1OCC. The normalized spacial score (nSPS) is 14.7. The molecule has 0 atom stereocenters. The van der Waals surface area contributed by atoms with Gasteiger partial charge in [-0.15, -0.1) is 0 Å². The van der Waals surface area contributed by atoms with E-state index < -0.39 is 11.6 Å². The van der Waals surface area contributed by atoms with Gasteiger partial charge in [0.15, 0.2) is 34.5 Å². The molecule has 7 nitrogen and oxygen atoms in total.